The molecule has 0 unspecified atom stereocenters. The smallest absolute Gasteiger partial charge is 0.416 e. The normalized spacial score (nSPS) is 11.3. The van der Waals surface area contributed by atoms with Gasteiger partial charge in [-0.05, 0) is 41.8 Å². The number of aromatic nitrogens is 2. The average molecular weight is 461 g/mol. The fraction of sp³-hybridized carbons (Fsp3) is 0.304. The maximum Gasteiger partial charge on any atom is 0.416 e. The molecule has 1 amide bonds. The lowest BCUT2D eigenvalue weighted by molar-refractivity contribution is -0.137. The van der Waals surface area contributed by atoms with Gasteiger partial charge in [0, 0.05) is 19.3 Å². The van der Waals surface area contributed by atoms with E-state index >= 15 is 0 Å². The van der Waals surface area contributed by atoms with Gasteiger partial charge in [0.1, 0.15) is 0 Å². The number of carbonyl (C=O) groups is 2. The first-order valence-electron chi connectivity index (χ1n) is 10.2. The molecule has 0 saturated heterocycles. The van der Waals surface area contributed by atoms with Crippen molar-refractivity contribution in [1.82, 2.24) is 10.1 Å². The Labute approximate surface area is 187 Å². The van der Waals surface area contributed by atoms with E-state index in [0.29, 0.717) is 23.7 Å². The molecule has 0 aliphatic heterocycles. The Kier molecular flexibility index (Phi) is 7.47. The van der Waals surface area contributed by atoms with Crippen molar-refractivity contribution < 1.29 is 32.0 Å². The number of amides is 1. The van der Waals surface area contributed by atoms with Crippen molar-refractivity contribution in [3.63, 3.8) is 0 Å². The zero-order chi connectivity index (χ0) is 24.0. The van der Waals surface area contributed by atoms with E-state index in [1.165, 1.54) is 37.4 Å². The molecule has 7 nitrogen and oxygen atoms in total. The van der Waals surface area contributed by atoms with Crippen LogP contribution in [0.3, 0.4) is 0 Å². The van der Waals surface area contributed by atoms with Gasteiger partial charge in [0.15, 0.2) is 5.82 Å². The highest BCUT2D eigenvalue weighted by Gasteiger charge is 2.30. The fourth-order valence-corrected chi connectivity index (χ4v) is 3.14. The molecule has 0 bridgehead atoms. The topological polar surface area (TPSA) is 94.3 Å². The van der Waals surface area contributed by atoms with Crippen molar-refractivity contribution in [2.24, 2.45) is 0 Å². The molecule has 33 heavy (non-hydrogen) atoms. The molecule has 0 aliphatic carbocycles. The van der Waals surface area contributed by atoms with Crippen LogP contribution in [0.4, 0.5) is 18.9 Å². The number of alkyl halides is 3. The monoisotopic (exact) mass is 461 g/mol. The third-order valence-corrected chi connectivity index (χ3v) is 4.77. The van der Waals surface area contributed by atoms with E-state index in [-0.39, 0.29) is 29.7 Å². The van der Waals surface area contributed by atoms with E-state index in [2.05, 4.69) is 15.5 Å². The quantitative estimate of drug-likeness (QED) is 0.471. The Hall–Kier alpha value is -3.69. The summed E-state index contributed by atoms with van der Waals surface area (Å²) in [4.78, 5) is 28.9. The lowest BCUT2D eigenvalue weighted by Crippen LogP contribution is -2.16. The van der Waals surface area contributed by atoms with Gasteiger partial charge in [0.2, 0.25) is 11.8 Å². The predicted molar refractivity (Wildman–Crippen MR) is 113 cm³/mol. The molecule has 10 heteroatoms. The van der Waals surface area contributed by atoms with E-state index in [9.17, 15) is 22.8 Å². The molecule has 0 atom stereocenters. The van der Waals surface area contributed by atoms with Gasteiger partial charge in [0.25, 0.3) is 0 Å². The third kappa shape index (κ3) is 6.18. The Morgan fingerprint density at radius 2 is 1.85 bits per heavy atom. The summed E-state index contributed by atoms with van der Waals surface area (Å²) in [5.74, 6) is -0.227. The lowest BCUT2D eigenvalue weighted by atomic mass is 9.99. The van der Waals surface area contributed by atoms with E-state index in [1.54, 1.807) is 0 Å². The summed E-state index contributed by atoms with van der Waals surface area (Å²) in [5, 5.41) is 6.46. The number of halogens is 3. The molecule has 1 aromatic heterocycles. The summed E-state index contributed by atoms with van der Waals surface area (Å²) in [7, 11) is 1.17. The number of hydrogen-bond donors (Lipinski definition) is 1. The van der Waals surface area contributed by atoms with Crippen LogP contribution >= 0.6 is 0 Å². The highest BCUT2D eigenvalue weighted by Crippen LogP contribution is 2.33. The van der Waals surface area contributed by atoms with Gasteiger partial charge >= 0.3 is 12.1 Å². The van der Waals surface area contributed by atoms with Crippen LogP contribution in [-0.2, 0) is 28.5 Å². The number of methoxy groups -OCH3 is 1. The van der Waals surface area contributed by atoms with Crippen molar-refractivity contribution in [2.45, 2.75) is 38.8 Å². The molecule has 2 aromatic carbocycles. The van der Waals surface area contributed by atoms with Gasteiger partial charge in [-0.3, -0.25) is 4.79 Å². The number of aryl methyl sites for hydroxylation is 2. The number of nitrogens with one attached hydrogen (secondary N) is 1. The minimum absolute atomic E-state index is 0.0174. The number of benzene rings is 2. The molecule has 3 aromatic rings. The standard InChI is InChI=1S/C23H22F3N3O4/c1-3-5-19-28-21(33-29-19)11-10-20(30)27-18-9-8-15(13-17(18)22(31)32-2)14-6-4-7-16(12-14)23(24,25)26/h4,6-9,12-13H,3,5,10-11H2,1-2H3,(H,27,30). The molecule has 0 saturated carbocycles. The third-order valence-electron chi connectivity index (χ3n) is 4.77. The van der Waals surface area contributed by atoms with Crippen molar-refractivity contribution in [3.05, 3.63) is 65.3 Å². The largest absolute Gasteiger partial charge is 0.465 e. The predicted octanol–water partition coefficient (Wildman–Crippen LogP) is 5.07. The second-order valence-corrected chi connectivity index (χ2v) is 7.23. The maximum atomic E-state index is 13.1. The highest BCUT2D eigenvalue weighted by atomic mass is 19.4. The summed E-state index contributed by atoms with van der Waals surface area (Å²) < 4.78 is 49.0. The SMILES string of the molecule is CCCc1noc(CCC(=O)Nc2ccc(-c3cccc(C(F)(F)F)c3)cc2C(=O)OC)n1. The van der Waals surface area contributed by atoms with Crippen LogP contribution in [0.15, 0.2) is 47.0 Å². The lowest BCUT2D eigenvalue weighted by Gasteiger charge is -2.13. The van der Waals surface area contributed by atoms with Gasteiger partial charge in [-0.15, -0.1) is 0 Å². The molecule has 174 valence electrons. The first kappa shape index (κ1) is 24.0. The van der Waals surface area contributed by atoms with E-state index in [1.807, 2.05) is 6.92 Å². The molecule has 1 heterocycles. The molecule has 0 spiro atoms. The van der Waals surface area contributed by atoms with Crippen molar-refractivity contribution in [2.75, 3.05) is 12.4 Å². The number of rotatable bonds is 8. The Balaban J connectivity index is 1.78. The number of hydrogen-bond acceptors (Lipinski definition) is 6. The van der Waals surface area contributed by atoms with E-state index < -0.39 is 23.6 Å². The summed E-state index contributed by atoms with van der Waals surface area (Å²) in [6.07, 6.45) is -2.70. The van der Waals surface area contributed by atoms with Gasteiger partial charge in [-0.1, -0.05) is 30.3 Å². The summed E-state index contributed by atoms with van der Waals surface area (Å²) in [6, 6.07) is 9.10. The van der Waals surface area contributed by atoms with E-state index in [0.717, 1.165) is 18.6 Å². The van der Waals surface area contributed by atoms with Crippen LogP contribution in [0.5, 0.6) is 0 Å². The van der Waals surface area contributed by atoms with E-state index in [4.69, 9.17) is 9.26 Å². The van der Waals surface area contributed by atoms with Crippen molar-refractivity contribution in [1.29, 1.82) is 0 Å². The van der Waals surface area contributed by atoms with Gasteiger partial charge < -0.3 is 14.6 Å². The average Bonchev–Trinajstić information content (AvgIpc) is 3.24. The van der Waals surface area contributed by atoms with Gasteiger partial charge in [-0.2, -0.15) is 18.2 Å². The summed E-state index contributed by atoms with van der Waals surface area (Å²) in [6.45, 7) is 1.99. The number of esters is 1. The van der Waals surface area contributed by atoms with Crippen LogP contribution in [0.2, 0.25) is 0 Å². The van der Waals surface area contributed by atoms with Crippen LogP contribution in [0.25, 0.3) is 11.1 Å². The van der Waals surface area contributed by atoms with Crippen molar-refractivity contribution in [3.8, 4) is 11.1 Å². The number of nitrogens with zero attached hydrogens (tertiary/aromatic N) is 2. The molecular weight excluding hydrogens is 439 g/mol. The zero-order valence-corrected chi connectivity index (χ0v) is 18.0. The highest BCUT2D eigenvalue weighted by molar-refractivity contribution is 6.02. The molecule has 0 fully saturated rings. The molecule has 0 aliphatic rings. The summed E-state index contributed by atoms with van der Waals surface area (Å²) >= 11 is 0. The number of anilines is 1. The Morgan fingerprint density at radius 1 is 1.09 bits per heavy atom. The van der Waals surface area contributed by atoms with Crippen LogP contribution < -0.4 is 5.32 Å². The van der Waals surface area contributed by atoms with Crippen LogP contribution in [0, 0.1) is 0 Å². The van der Waals surface area contributed by atoms with Gasteiger partial charge in [-0.25, -0.2) is 4.79 Å². The van der Waals surface area contributed by atoms with Gasteiger partial charge in [0.05, 0.1) is 23.9 Å². The number of carbonyl (C=O) groups excluding carboxylic acids is 2. The summed E-state index contributed by atoms with van der Waals surface area (Å²) in [5.41, 5.74) is 0.0321. The molecule has 1 N–H and O–H groups in total. The second kappa shape index (κ2) is 10.3. The second-order valence-electron chi connectivity index (χ2n) is 7.23. The minimum atomic E-state index is -4.50. The first-order valence-corrected chi connectivity index (χ1v) is 10.2. The fourth-order valence-electron chi connectivity index (χ4n) is 3.14. The van der Waals surface area contributed by atoms with Crippen molar-refractivity contribution >= 4 is 17.6 Å². The maximum absolute atomic E-state index is 13.1. The Bertz CT molecular complexity index is 1140. The number of ether oxygens (including phenoxy) is 1. The first-order chi connectivity index (χ1) is 15.7. The minimum Gasteiger partial charge on any atom is -0.465 e. The molecule has 0 radical (unpaired) electrons. The molecule has 3 rings (SSSR count). The van der Waals surface area contributed by atoms with Crippen LogP contribution in [0.1, 0.15) is 47.4 Å². The zero-order valence-electron chi connectivity index (χ0n) is 18.0. The molecular formula is C23H22F3N3O4. The Morgan fingerprint density at radius 3 is 2.55 bits per heavy atom. The van der Waals surface area contributed by atoms with Crippen LogP contribution in [-0.4, -0.2) is 29.1 Å².